The molecule has 0 aromatic rings. The first-order valence-corrected chi connectivity index (χ1v) is 9.86. The summed E-state index contributed by atoms with van der Waals surface area (Å²) in [4.78, 5) is 2.36. The SMILES string of the molecule is CC1=CC2=C(Br)C3C(=CC2=C1C(C)(C)C1=CC=CC1)N(C)C(C)=C3C. The van der Waals surface area contributed by atoms with Gasteiger partial charge in [0.15, 0.2) is 0 Å². The maximum Gasteiger partial charge on any atom is 0.0541 e. The molecule has 3 aliphatic carbocycles. The van der Waals surface area contributed by atoms with E-state index in [9.17, 15) is 0 Å². The van der Waals surface area contributed by atoms with Crippen molar-refractivity contribution in [1.29, 1.82) is 0 Å². The molecule has 4 rings (SSSR count). The first-order valence-electron chi connectivity index (χ1n) is 9.07. The summed E-state index contributed by atoms with van der Waals surface area (Å²) in [5, 5.41) is 0. The fourth-order valence-corrected chi connectivity index (χ4v) is 5.75. The zero-order valence-corrected chi connectivity index (χ0v) is 17.6. The summed E-state index contributed by atoms with van der Waals surface area (Å²) < 4.78 is 1.32. The smallest absolute Gasteiger partial charge is 0.0541 e. The summed E-state index contributed by atoms with van der Waals surface area (Å²) in [6, 6.07) is 0. The predicted octanol–water partition coefficient (Wildman–Crippen LogP) is 6.56. The molecule has 0 amide bonds. The van der Waals surface area contributed by atoms with Crippen LogP contribution in [0.15, 0.2) is 79.7 Å². The van der Waals surface area contributed by atoms with Crippen LogP contribution in [-0.2, 0) is 0 Å². The van der Waals surface area contributed by atoms with Crippen molar-refractivity contribution in [2.24, 2.45) is 11.3 Å². The summed E-state index contributed by atoms with van der Waals surface area (Å²) in [5.41, 5.74) is 11.4. The summed E-state index contributed by atoms with van der Waals surface area (Å²) in [6.45, 7) is 11.5. The van der Waals surface area contributed by atoms with Crippen molar-refractivity contribution in [2.45, 2.75) is 41.0 Å². The lowest BCUT2D eigenvalue weighted by Crippen LogP contribution is -2.21. The highest BCUT2D eigenvalue weighted by Crippen LogP contribution is 2.55. The average Bonchev–Trinajstić information content (AvgIpc) is 3.24. The van der Waals surface area contributed by atoms with E-state index in [2.05, 4.69) is 92.9 Å². The second-order valence-electron chi connectivity index (χ2n) is 8.16. The van der Waals surface area contributed by atoms with E-state index in [1.54, 1.807) is 0 Å². The summed E-state index contributed by atoms with van der Waals surface area (Å²) >= 11 is 3.98. The zero-order chi connectivity index (χ0) is 18.1. The molecule has 130 valence electrons. The summed E-state index contributed by atoms with van der Waals surface area (Å²) in [6.07, 6.45) is 12.6. The van der Waals surface area contributed by atoms with Crippen LogP contribution in [0.4, 0.5) is 0 Å². The number of nitrogens with zero attached hydrogens (tertiary/aromatic N) is 1. The van der Waals surface area contributed by atoms with Crippen LogP contribution in [-0.4, -0.2) is 11.9 Å². The molecule has 0 saturated carbocycles. The van der Waals surface area contributed by atoms with Crippen LogP contribution < -0.4 is 0 Å². The van der Waals surface area contributed by atoms with E-state index in [0.29, 0.717) is 5.92 Å². The Morgan fingerprint density at radius 3 is 2.48 bits per heavy atom. The third kappa shape index (κ3) is 2.19. The van der Waals surface area contributed by atoms with Gasteiger partial charge in [0.05, 0.1) is 5.92 Å². The molecule has 0 aromatic carbocycles. The molecule has 0 aromatic heterocycles. The first-order chi connectivity index (χ1) is 11.7. The van der Waals surface area contributed by atoms with Crippen molar-refractivity contribution >= 4 is 15.9 Å². The normalized spacial score (nSPS) is 25.6. The fraction of sp³-hybridized carbons (Fsp3) is 0.391. The van der Waals surface area contributed by atoms with Gasteiger partial charge in [0.25, 0.3) is 0 Å². The molecule has 0 spiro atoms. The summed E-state index contributed by atoms with van der Waals surface area (Å²) in [5.74, 6) is 0.377. The van der Waals surface area contributed by atoms with Gasteiger partial charge >= 0.3 is 0 Å². The highest BCUT2D eigenvalue weighted by Gasteiger charge is 2.41. The van der Waals surface area contributed by atoms with Gasteiger partial charge in [-0.1, -0.05) is 59.7 Å². The lowest BCUT2D eigenvalue weighted by molar-refractivity contribution is 0.517. The topological polar surface area (TPSA) is 3.24 Å². The lowest BCUT2D eigenvalue weighted by Gasteiger charge is -2.32. The molecule has 0 radical (unpaired) electrons. The molecule has 25 heavy (non-hydrogen) atoms. The molecule has 4 aliphatic rings. The molecule has 0 bridgehead atoms. The number of allylic oxidation sites excluding steroid dienone is 12. The third-order valence-electron chi connectivity index (χ3n) is 6.51. The standard InChI is InChI=1S/C23H26BrN/c1-13-11-18-17(21(13)23(4,5)16-9-7-8-10-16)12-19-20(22(18)24)14(2)15(3)25(19)6/h7-9,11-12,20H,10H2,1-6H3. The third-order valence-corrected chi connectivity index (χ3v) is 7.39. The Labute approximate surface area is 160 Å². The number of fused-ring (bicyclic) bond motifs is 2. The van der Waals surface area contributed by atoms with E-state index in [1.807, 2.05) is 0 Å². The number of hydrogen-bond donors (Lipinski definition) is 0. The Bertz CT molecular complexity index is 896. The Hall–Kier alpha value is -1.54. The minimum Gasteiger partial charge on any atom is -0.351 e. The Kier molecular flexibility index (Phi) is 3.70. The quantitative estimate of drug-likeness (QED) is 0.511. The maximum absolute atomic E-state index is 3.98. The number of rotatable bonds is 2. The number of hydrogen-bond acceptors (Lipinski definition) is 1. The van der Waals surface area contributed by atoms with Crippen LogP contribution in [0.3, 0.4) is 0 Å². The first kappa shape index (κ1) is 16.9. The molecular weight excluding hydrogens is 370 g/mol. The number of halogens is 1. The van der Waals surface area contributed by atoms with Gasteiger partial charge in [0.2, 0.25) is 0 Å². The average molecular weight is 396 g/mol. The van der Waals surface area contributed by atoms with Crippen molar-refractivity contribution in [2.75, 3.05) is 7.05 Å². The van der Waals surface area contributed by atoms with Gasteiger partial charge in [-0.05, 0) is 61.1 Å². The molecule has 2 heteroatoms. The second kappa shape index (κ2) is 5.48. The Balaban J connectivity index is 1.91. The largest absolute Gasteiger partial charge is 0.351 e. The molecule has 0 saturated heterocycles. The minimum absolute atomic E-state index is 0.0486. The molecule has 0 N–H and O–H groups in total. The molecule has 0 fully saturated rings. The zero-order valence-electron chi connectivity index (χ0n) is 16.0. The van der Waals surface area contributed by atoms with Gasteiger partial charge in [0, 0.05) is 28.3 Å². The van der Waals surface area contributed by atoms with Crippen LogP contribution in [0.25, 0.3) is 0 Å². The Morgan fingerprint density at radius 2 is 1.84 bits per heavy atom. The fourth-order valence-electron chi connectivity index (χ4n) is 4.85. The molecular formula is C23H26BrN. The second-order valence-corrected chi connectivity index (χ2v) is 9.01. The molecule has 1 unspecified atom stereocenters. The van der Waals surface area contributed by atoms with E-state index in [-0.39, 0.29) is 5.41 Å². The van der Waals surface area contributed by atoms with Crippen LogP contribution in [0.1, 0.15) is 41.0 Å². The van der Waals surface area contributed by atoms with Gasteiger partial charge < -0.3 is 4.90 Å². The molecule has 1 atom stereocenters. The highest BCUT2D eigenvalue weighted by molar-refractivity contribution is 9.11. The van der Waals surface area contributed by atoms with Crippen molar-refractivity contribution < 1.29 is 0 Å². The van der Waals surface area contributed by atoms with Gasteiger partial charge in [-0.2, -0.15) is 0 Å². The molecule has 1 nitrogen and oxygen atoms in total. The Morgan fingerprint density at radius 1 is 1.12 bits per heavy atom. The van der Waals surface area contributed by atoms with Crippen molar-refractivity contribution in [3.05, 3.63) is 79.7 Å². The molecule has 1 aliphatic heterocycles. The predicted molar refractivity (Wildman–Crippen MR) is 110 cm³/mol. The van der Waals surface area contributed by atoms with Crippen LogP contribution in [0.5, 0.6) is 0 Å². The lowest BCUT2D eigenvalue weighted by atomic mass is 9.72. The van der Waals surface area contributed by atoms with E-state index >= 15 is 0 Å². The van der Waals surface area contributed by atoms with Gasteiger partial charge in [-0.25, -0.2) is 0 Å². The summed E-state index contributed by atoms with van der Waals surface area (Å²) in [7, 11) is 2.19. The molecule has 1 heterocycles. The highest BCUT2D eigenvalue weighted by atomic mass is 79.9. The van der Waals surface area contributed by atoms with Crippen molar-refractivity contribution in [1.82, 2.24) is 4.90 Å². The maximum atomic E-state index is 3.98. The van der Waals surface area contributed by atoms with Gasteiger partial charge in [-0.15, -0.1) is 0 Å². The van der Waals surface area contributed by atoms with Gasteiger partial charge in [-0.3, -0.25) is 0 Å². The van der Waals surface area contributed by atoms with E-state index in [0.717, 1.165) is 6.42 Å². The van der Waals surface area contributed by atoms with E-state index in [1.165, 1.54) is 49.3 Å². The van der Waals surface area contributed by atoms with Crippen LogP contribution in [0, 0.1) is 11.3 Å². The van der Waals surface area contributed by atoms with E-state index < -0.39 is 0 Å². The minimum atomic E-state index is 0.0486. The monoisotopic (exact) mass is 395 g/mol. The van der Waals surface area contributed by atoms with Gasteiger partial charge in [0.1, 0.15) is 0 Å². The van der Waals surface area contributed by atoms with E-state index in [4.69, 9.17) is 0 Å². The van der Waals surface area contributed by atoms with Crippen LogP contribution >= 0.6 is 15.9 Å². The van der Waals surface area contributed by atoms with Crippen molar-refractivity contribution in [3.63, 3.8) is 0 Å². The van der Waals surface area contributed by atoms with Crippen molar-refractivity contribution in [3.8, 4) is 0 Å². The van der Waals surface area contributed by atoms with Crippen LogP contribution in [0.2, 0.25) is 0 Å².